The third-order valence-electron chi connectivity index (χ3n) is 2.65. The largest absolute Gasteiger partial charge is 0.362 e. The highest BCUT2D eigenvalue weighted by Gasteiger charge is 2.25. The van der Waals surface area contributed by atoms with Crippen LogP contribution in [-0.2, 0) is 6.42 Å². The van der Waals surface area contributed by atoms with E-state index in [9.17, 15) is 0 Å². The van der Waals surface area contributed by atoms with Gasteiger partial charge in [-0.1, -0.05) is 6.92 Å². The quantitative estimate of drug-likeness (QED) is 0.803. The van der Waals surface area contributed by atoms with E-state index in [4.69, 9.17) is 0 Å². The number of anilines is 1. The average Bonchev–Trinajstić information content (AvgIpc) is 2.63. The maximum atomic E-state index is 4.64. The minimum Gasteiger partial charge on any atom is -0.362 e. The van der Waals surface area contributed by atoms with Gasteiger partial charge in [0.25, 0.3) is 0 Å². The molecule has 0 spiro atoms. The Morgan fingerprint density at radius 2 is 2.38 bits per heavy atom. The van der Waals surface area contributed by atoms with E-state index in [1.807, 2.05) is 11.3 Å². The smallest absolute Gasteiger partial charge is 0.183 e. The van der Waals surface area contributed by atoms with Crippen LogP contribution in [0.25, 0.3) is 0 Å². The van der Waals surface area contributed by atoms with Gasteiger partial charge >= 0.3 is 0 Å². The topological polar surface area (TPSA) is 24.9 Å². The summed E-state index contributed by atoms with van der Waals surface area (Å²) in [5.74, 6) is 0.735. The lowest BCUT2D eigenvalue weighted by Gasteiger charge is -2.03. The van der Waals surface area contributed by atoms with Crippen molar-refractivity contribution >= 4 is 16.5 Å². The van der Waals surface area contributed by atoms with Crippen LogP contribution in [0.5, 0.6) is 0 Å². The van der Waals surface area contributed by atoms with E-state index in [1.54, 1.807) is 0 Å². The first-order chi connectivity index (χ1) is 6.35. The number of rotatable bonds is 3. The van der Waals surface area contributed by atoms with Gasteiger partial charge in [0, 0.05) is 17.3 Å². The number of nitrogens with zero attached hydrogens (tertiary/aromatic N) is 1. The molecule has 1 aromatic rings. The standard InChI is InChI=1S/C10H16N2S/c1-3-7-5-6-8-9(7)12-10(13-8)11-4-2/h7H,3-6H2,1-2H3,(H,11,12). The summed E-state index contributed by atoms with van der Waals surface area (Å²) >= 11 is 1.84. The molecule has 0 aromatic carbocycles. The van der Waals surface area contributed by atoms with Crippen LogP contribution in [0.1, 0.15) is 43.2 Å². The van der Waals surface area contributed by atoms with Gasteiger partial charge in [-0.25, -0.2) is 4.98 Å². The normalized spacial score (nSPS) is 20.3. The summed E-state index contributed by atoms with van der Waals surface area (Å²) in [6.45, 7) is 5.35. The SMILES string of the molecule is CCNc1nc2c(s1)CCC2CC. The zero-order valence-electron chi connectivity index (χ0n) is 8.26. The molecule has 0 radical (unpaired) electrons. The molecule has 1 aliphatic rings. The van der Waals surface area contributed by atoms with Gasteiger partial charge in [-0.2, -0.15) is 0 Å². The molecule has 0 saturated heterocycles. The Morgan fingerprint density at radius 3 is 3.08 bits per heavy atom. The molecule has 0 amide bonds. The highest BCUT2D eigenvalue weighted by molar-refractivity contribution is 7.15. The fourth-order valence-electron chi connectivity index (χ4n) is 1.93. The van der Waals surface area contributed by atoms with Crippen molar-refractivity contribution < 1.29 is 0 Å². The molecule has 1 heterocycles. The molecule has 72 valence electrons. The molecule has 1 unspecified atom stereocenters. The summed E-state index contributed by atoms with van der Waals surface area (Å²) in [7, 11) is 0. The number of thiazole rings is 1. The molecular formula is C10H16N2S. The highest BCUT2D eigenvalue weighted by Crippen LogP contribution is 2.39. The predicted molar refractivity (Wildman–Crippen MR) is 57.6 cm³/mol. The Balaban J connectivity index is 2.20. The van der Waals surface area contributed by atoms with Crippen LogP contribution in [-0.4, -0.2) is 11.5 Å². The van der Waals surface area contributed by atoms with Gasteiger partial charge in [-0.15, -0.1) is 11.3 Å². The van der Waals surface area contributed by atoms with Crippen LogP contribution in [0.2, 0.25) is 0 Å². The van der Waals surface area contributed by atoms with E-state index in [1.165, 1.54) is 29.8 Å². The molecule has 2 nitrogen and oxygen atoms in total. The first kappa shape index (κ1) is 9.00. The van der Waals surface area contributed by atoms with Crippen LogP contribution in [0, 0.1) is 0 Å². The highest BCUT2D eigenvalue weighted by atomic mass is 32.1. The van der Waals surface area contributed by atoms with E-state index in [0.29, 0.717) is 0 Å². The van der Waals surface area contributed by atoms with Gasteiger partial charge in [0.2, 0.25) is 0 Å². The second-order valence-electron chi connectivity index (χ2n) is 3.50. The maximum absolute atomic E-state index is 4.64. The minimum atomic E-state index is 0.735. The molecule has 1 aromatic heterocycles. The number of nitrogens with one attached hydrogen (secondary N) is 1. The Kier molecular flexibility index (Phi) is 2.54. The fraction of sp³-hybridized carbons (Fsp3) is 0.700. The van der Waals surface area contributed by atoms with Crippen molar-refractivity contribution in [1.82, 2.24) is 4.98 Å². The molecule has 0 saturated carbocycles. The predicted octanol–water partition coefficient (Wildman–Crippen LogP) is 3.01. The van der Waals surface area contributed by atoms with Crippen molar-refractivity contribution in [2.24, 2.45) is 0 Å². The van der Waals surface area contributed by atoms with E-state index >= 15 is 0 Å². The van der Waals surface area contributed by atoms with Crippen molar-refractivity contribution in [3.63, 3.8) is 0 Å². The lowest BCUT2D eigenvalue weighted by Crippen LogP contribution is -1.97. The van der Waals surface area contributed by atoms with Gasteiger partial charge in [-0.3, -0.25) is 0 Å². The molecular weight excluding hydrogens is 180 g/mol. The summed E-state index contributed by atoms with van der Waals surface area (Å²) in [6.07, 6.45) is 3.80. The van der Waals surface area contributed by atoms with Crippen LogP contribution >= 0.6 is 11.3 Å². The van der Waals surface area contributed by atoms with E-state index in [2.05, 4.69) is 24.1 Å². The summed E-state index contributed by atoms with van der Waals surface area (Å²) in [4.78, 5) is 6.16. The van der Waals surface area contributed by atoms with Crippen molar-refractivity contribution in [2.75, 3.05) is 11.9 Å². The second-order valence-corrected chi connectivity index (χ2v) is 4.59. The summed E-state index contributed by atoms with van der Waals surface area (Å²) in [6, 6.07) is 0. The monoisotopic (exact) mass is 196 g/mol. The third-order valence-corrected chi connectivity index (χ3v) is 3.74. The van der Waals surface area contributed by atoms with Gasteiger partial charge < -0.3 is 5.32 Å². The van der Waals surface area contributed by atoms with Gasteiger partial charge in [0.05, 0.1) is 5.69 Å². The molecule has 3 heteroatoms. The maximum Gasteiger partial charge on any atom is 0.183 e. The Hall–Kier alpha value is -0.570. The number of aromatic nitrogens is 1. The number of aryl methyl sites for hydroxylation is 1. The van der Waals surface area contributed by atoms with E-state index in [0.717, 1.165) is 17.6 Å². The zero-order chi connectivity index (χ0) is 9.26. The van der Waals surface area contributed by atoms with Crippen molar-refractivity contribution in [2.45, 2.75) is 39.0 Å². The van der Waals surface area contributed by atoms with Crippen molar-refractivity contribution in [3.05, 3.63) is 10.6 Å². The van der Waals surface area contributed by atoms with E-state index < -0.39 is 0 Å². The van der Waals surface area contributed by atoms with Crippen LogP contribution < -0.4 is 5.32 Å². The lowest BCUT2D eigenvalue weighted by atomic mass is 10.1. The molecule has 1 aliphatic carbocycles. The molecule has 13 heavy (non-hydrogen) atoms. The fourth-order valence-corrected chi connectivity index (χ4v) is 3.06. The first-order valence-corrected chi connectivity index (χ1v) is 5.90. The van der Waals surface area contributed by atoms with Crippen molar-refractivity contribution in [1.29, 1.82) is 0 Å². The summed E-state index contributed by atoms with van der Waals surface area (Å²) in [5.41, 5.74) is 1.38. The molecule has 2 rings (SSSR count). The Labute approximate surface area is 83.4 Å². The molecule has 1 N–H and O–H groups in total. The van der Waals surface area contributed by atoms with Crippen LogP contribution in [0.15, 0.2) is 0 Å². The minimum absolute atomic E-state index is 0.735. The Morgan fingerprint density at radius 1 is 1.54 bits per heavy atom. The molecule has 0 bridgehead atoms. The molecule has 0 aliphatic heterocycles. The molecule has 0 fully saturated rings. The van der Waals surface area contributed by atoms with E-state index in [-0.39, 0.29) is 0 Å². The lowest BCUT2D eigenvalue weighted by molar-refractivity contribution is 0.643. The third kappa shape index (κ3) is 1.57. The van der Waals surface area contributed by atoms with Crippen LogP contribution in [0.4, 0.5) is 5.13 Å². The number of fused-ring (bicyclic) bond motifs is 1. The zero-order valence-corrected chi connectivity index (χ0v) is 9.08. The average molecular weight is 196 g/mol. The van der Waals surface area contributed by atoms with Gasteiger partial charge in [0.1, 0.15) is 0 Å². The van der Waals surface area contributed by atoms with Crippen molar-refractivity contribution in [3.8, 4) is 0 Å². The summed E-state index contributed by atoms with van der Waals surface area (Å²) in [5, 5.41) is 4.41. The molecule has 1 atom stereocenters. The first-order valence-electron chi connectivity index (χ1n) is 5.08. The van der Waals surface area contributed by atoms with Gasteiger partial charge in [-0.05, 0) is 26.2 Å². The summed E-state index contributed by atoms with van der Waals surface area (Å²) < 4.78 is 0. The van der Waals surface area contributed by atoms with Crippen LogP contribution in [0.3, 0.4) is 0 Å². The Bertz CT molecular complexity index is 293. The second kappa shape index (κ2) is 3.66. The van der Waals surface area contributed by atoms with Gasteiger partial charge in [0.15, 0.2) is 5.13 Å². The number of hydrogen-bond acceptors (Lipinski definition) is 3. The number of hydrogen-bond donors (Lipinski definition) is 1.